The fourth-order valence-electron chi connectivity index (χ4n) is 3.11. The van der Waals surface area contributed by atoms with Gasteiger partial charge >= 0.3 is 11.7 Å². The van der Waals surface area contributed by atoms with Gasteiger partial charge in [-0.1, -0.05) is 32.9 Å². The number of imidazole rings is 1. The summed E-state index contributed by atoms with van der Waals surface area (Å²) in [5.74, 6) is -0.161. The van der Waals surface area contributed by atoms with E-state index in [1.165, 1.54) is 16.8 Å². The van der Waals surface area contributed by atoms with Crippen LogP contribution >= 0.6 is 0 Å². The highest BCUT2D eigenvalue weighted by atomic mass is 16.5. The van der Waals surface area contributed by atoms with Gasteiger partial charge in [-0.25, -0.2) is 14.6 Å². The number of rotatable bonds is 7. The van der Waals surface area contributed by atoms with Crippen LogP contribution in [0.5, 0.6) is 0 Å². The molecule has 0 radical (unpaired) electrons. The summed E-state index contributed by atoms with van der Waals surface area (Å²) in [6.45, 7) is 7.97. The lowest BCUT2D eigenvalue weighted by Gasteiger charge is -2.13. The van der Waals surface area contributed by atoms with Crippen LogP contribution in [0.3, 0.4) is 0 Å². The number of carbonyl (C=O) groups is 1. The van der Waals surface area contributed by atoms with Gasteiger partial charge in [0.1, 0.15) is 0 Å². The number of fused-ring (bicyclic) bond motifs is 1. The fraction of sp³-hybridized carbons (Fsp3) is 0.500. The van der Waals surface area contributed by atoms with E-state index >= 15 is 0 Å². The van der Waals surface area contributed by atoms with Crippen LogP contribution in [0.1, 0.15) is 74.6 Å². The molecule has 1 N–H and O–H groups in total. The number of hydrogen-bond acceptors (Lipinski definition) is 6. The smallest absolute Gasteiger partial charge is 0.337 e. The number of pyridine rings is 1. The number of carboxylic acid groups (broad SMARTS) is 1. The van der Waals surface area contributed by atoms with Gasteiger partial charge in [0.05, 0.1) is 17.6 Å². The molecule has 0 aliphatic rings. The first-order chi connectivity index (χ1) is 12.9. The topological polar surface area (TPSA) is 116 Å². The first-order valence-electron chi connectivity index (χ1n) is 9.03. The van der Waals surface area contributed by atoms with Gasteiger partial charge in [-0.2, -0.15) is 4.98 Å². The van der Waals surface area contributed by atoms with Crippen molar-refractivity contribution >= 4 is 17.1 Å². The average Bonchev–Trinajstić information content (AvgIpc) is 3.21. The van der Waals surface area contributed by atoms with Gasteiger partial charge in [0, 0.05) is 18.2 Å². The first-order valence-corrected chi connectivity index (χ1v) is 9.03. The van der Waals surface area contributed by atoms with Crippen molar-refractivity contribution in [2.45, 2.75) is 59.0 Å². The van der Waals surface area contributed by atoms with Crippen LogP contribution in [0.4, 0.5) is 0 Å². The minimum atomic E-state index is -1.10. The van der Waals surface area contributed by atoms with Gasteiger partial charge in [0.2, 0.25) is 5.89 Å². The summed E-state index contributed by atoms with van der Waals surface area (Å²) in [5, 5.41) is 13.2. The highest BCUT2D eigenvalue weighted by molar-refractivity contribution is 5.91. The van der Waals surface area contributed by atoms with Crippen molar-refractivity contribution < 1.29 is 14.4 Å². The Morgan fingerprint density at radius 3 is 2.56 bits per heavy atom. The number of hydrogen-bond donors (Lipinski definition) is 1. The van der Waals surface area contributed by atoms with Gasteiger partial charge in [-0.15, -0.1) is 0 Å². The van der Waals surface area contributed by atoms with E-state index in [1.54, 1.807) is 4.57 Å². The summed E-state index contributed by atoms with van der Waals surface area (Å²) in [7, 11) is 0. The Labute approximate surface area is 155 Å². The molecule has 0 bridgehead atoms. The quantitative estimate of drug-likeness (QED) is 0.677. The summed E-state index contributed by atoms with van der Waals surface area (Å²) in [6.07, 6.45) is 2.80. The molecule has 0 fully saturated rings. The van der Waals surface area contributed by atoms with E-state index in [4.69, 9.17) is 4.52 Å². The SMILES string of the molecule is CCC(CC)n1c(=O)n(Cc2noc(C(C)C)n2)c2cc(C(=O)O)cnc21. The van der Waals surface area contributed by atoms with E-state index in [0.29, 0.717) is 22.9 Å². The van der Waals surface area contributed by atoms with E-state index in [1.807, 2.05) is 27.7 Å². The molecule has 9 nitrogen and oxygen atoms in total. The second kappa shape index (κ2) is 7.34. The maximum Gasteiger partial charge on any atom is 0.337 e. The molecule has 0 aliphatic heterocycles. The van der Waals surface area contributed by atoms with Gasteiger partial charge in [0.25, 0.3) is 0 Å². The molecule has 0 saturated carbocycles. The van der Waals surface area contributed by atoms with Gasteiger partial charge in [-0.3, -0.25) is 9.13 Å². The zero-order valence-corrected chi connectivity index (χ0v) is 15.8. The van der Waals surface area contributed by atoms with Crippen LogP contribution in [0.15, 0.2) is 21.6 Å². The van der Waals surface area contributed by atoms with Gasteiger partial charge in [-0.05, 0) is 18.9 Å². The van der Waals surface area contributed by atoms with Crippen LogP contribution in [0, 0.1) is 0 Å². The summed E-state index contributed by atoms with van der Waals surface area (Å²) in [5.41, 5.74) is 0.674. The van der Waals surface area contributed by atoms with Crippen molar-refractivity contribution in [3.05, 3.63) is 40.0 Å². The summed E-state index contributed by atoms with van der Waals surface area (Å²) < 4.78 is 8.31. The molecular weight excluding hydrogens is 350 g/mol. The maximum absolute atomic E-state index is 13.1. The standard InChI is InChI=1S/C18H23N5O4/c1-5-12(6-2)23-15-13(7-11(8-19-15)17(24)25)22(18(23)26)9-14-20-16(10(3)4)27-21-14/h7-8,10,12H,5-6,9H2,1-4H3,(H,24,25). The predicted molar refractivity (Wildman–Crippen MR) is 98.1 cm³/mol. The second-order valence-corrected chi connectivity index (χ2v) is 6.78. The molecule has 0 unspecified atom stereocenters. The maximum atomic E-state index is 13.1. The molecule has 0 amide bonds. The third-order valence-corrected chi connectivity index (χ3v) is 4.64. The summed E-state index contributed by atoms with van der Waals surface area (Å²) >= 11 is 0. The molecule has 144 valence electrons. The van der Waals surface area contributed by atoms with E-state index in [-0.39, 0.29) is 29.8 Å². The summed E-state index contributed by atoms with van der Waals surface area (Å²) in [4.78, 5) is 33.1. The van der Waals surface area contributed by atoms with Crippen molar-refractivity contribution in [3.8, 4) is 0 Å². The fourth-order valence-corrected chi connectivity index (χ4v) is 3.11. The Balaban J connectivity index is 2.19. The third kappa shape index (κ3) is 3.36. The monoisotopic (exact) mass is 373 g/mol. The number of aromatic nitrogens is 5. The Morgan fingerprint density at radius 2 is 2.00 bits per heavy atom. The molecule has 3 aromatic heterocycles. The van der Waals surface area contributed by atoms with Crippen LogP contribution in [0.2, 0.25) is 0 Å². The molecule has 0 spiro atoms. The van der Waals surface area contributed by atoms with Crippen molar-refractivity contribution in [2.24, 2.45) is 0 Å². The van der Waals surface area contributed by atoms with E-state index in [9.17, 15) is 14.7 Å². The zero-order valence-electron chi connectivity index (χ0n) is 15.8. The van der Waals surface area contributed by atoms with Crippen LogP contribution in [-0.4, -0.2) is 35.3 Å². The third-order valence-electron chi connectivity index (χ3n) is 4.64. The second-order valence-electron chi connectivity index (χ2n) is 6.78. The zero-order chi connectivity index (χ0) is 19.7. The van der Waals surface area contributed by atoms with Crippen molar-refractivity contribution in [1.82, 2.24) is 24.3 Å². The van der Waals surface area contributed by atoms with Gasteiger partial charge in [0.15, 0.2) is 11.5 Å². The highest BCUT2D eigenvalue weighted by Crippen LogP contribution is 2.22. The van der Waals surface area contributed by atoms with Crippen LogP contribution in [0.25, 0.3) is 11.2 Å². The van der Waals surface area contributed by atoms with Crippen LogP contribution < -0.4 is 5.69 Å². The lowest BCUT2D eigenvalue weighted by atomic mass is 10.1. The van der Waals surface area contributed by atoms with E-state index < -0.39 is 5.97 Å². The minimum Gasteiger partial charge on any atom is -0.478 e. The Kier molecular flexibility index (Phi) is 5.11. The molecule has 9 heteroatoms. The van der Waals surface area contributed by atoms with E-state index in [0.717, 1.165) is 12.8 Å². The average molecular weight is 373 g/mol. The van der Waals surface area contributed by atoms with Crippen LogP contribution in [-0.2, 0) is 6.54 Å². The Morgan fingerprint density at radius 1 is 1.30 bits per heavy atom. The molecule has 0 aliphatic carbocycles. The van der Waals surface area contributed by atoms with Crippen molar-refractivity contribution in [1.29, 1.82) is 0 Å². The largest absolute Gasteiger partial charge is 0.478 e. The number of nitrogens with zero attached hydrogens (tertiary/aromatic N) is 5. The molecule has 3 aromatic rings. The Bertz CT molecular complexity index is 1030. The van der Waals surface area contributed by atoms with Gasteiger partial charge < -0.3 is 9.63 Å². The molecule has 0 aromatic carbocycles. The molecule has 0 saturated heterocycles. The molecule has 3 rings (SSSR count). The predicted octanol–water partition coefficient (Wildman–Crippen LogP) is 2.81. The number of aromatic carboxylic acids is 1. The molecular formula is C18H23N5O4. The van der Waals surface area contributed by atoms with Crippen molar-refractivity contribution in [2.75, 3.05) is 0 Å². The Hall–Kier alpha value is -2.97. The number of carboxylic acids is 1. The minimum absolute atomic E-state index is 0.0222. The lowest BCUT2D eigenvalue weighted by Crippen LogP contribution is -2.28. The molecule has 27 heavy (non-hydrogen) atoms. The highest BCUT2D eigenvalue weighted by Gasteiger charge is 2.22. The van der Waals surface area contributed by atoms with Crippen molar-refractivity contribution in [3.63, 3.8) is 0 Å². The molecule has 3 heterocycles. The lowest BCUT2D eigenvalue weighted by molar-refractivity contribution is 0.0696. The first kappa shape index (κ1) is 18.8. The normalized spacial score (nSPS) is 11.8. The van der Waals surface area contributed by atoms with E-state index in [2.05, 4.69) is 15.1 Å². The summed E-state index contributed by atoms with van der Waals surface area (Å²) in [6, 6.07) is 1.44. The molecule has 0 atom stereocenters.